The van der Waals surface area contributed by atoms with Gasteiger partial charge in [0.15, 0.2) is 0 Å². The van der Waals surface area contributed by atoms with E-state index in [4.69, 9.17) is 5.11 Å². The van der Waals surface area contributed by atoms with Crippen molar-refractivity contribution in [3.8, 4) is 0 Å². The van der Waals surface area contributed by atoms with Crippen LogP contribution in [0.4, 0.5) is 8.78 Å². The summed E-state index contributed by atoms with van der Waals surface area (Å²) >= 11 is 0. The highest BCUT2D eigenvalue weighted by molar-refractivity contribution is 5.87. The van der Waals surface area contributed by atoms with E-state index >= 15 is 0 Å². The van der Waals surface area contributed by atoms with Gasteiger partial charge in [-0.25, -0.2) is 4.79 Å². The monoisotopic (exact) mass is 457 g/mol. The first-order valence-corrected chi connectivity index (χ1v) is 11.2. The second kappa shape index (κ2) is 11.2. The maximum Gasteiger partial charge on any atom is 0.335 e. The zero-order valence-corrected chi connectivity index (χ0v) is 18.4. The number of aromatic carboxylic acids is 1. The highest BCUT2D eigenvalue weighted by Crippen LogP contribution is 2.34. The second-order valence-electron chi connectivity index (χ2n) is 8.41. The van der Waals surface area contributed by atoms with Crippen LogP contribution in [0.25, 0.3) is 0 Å². The molecule has 1 amide bonds. The highest BCUT2D eigenvalue weighted by Gasteiger charge is 2.52. The van der Waals surface area contributed by atoms with Gasteiger partial charge in [-0.05, 0) is 48.9 Å². The van der Waals surface area contributed by atoms with E-state index in [9.17, 15) is 23.5 Å². The maximum absolute atomic E-state index is 14.1. The van der Waals surface area contributed by atoms with Crippen LogP contribution in [-0.2, 0) is 17.6 Å². The molecule has 1 saturated heterocycles. The molecule has 2 N–H and O–H groups in total. The number of carbonyl (C=O) groups excluding carboxylic acids is 1. The van der Waals surface area contributed by atoms with E-state index in [0.29, 0.717) is 12.8 Å². The van der Waals surface area contributed by atoms with Crippen molar-refractivity contribution in [1.82, 2.24) is 4.90 Å². The van der Waals surface area contributed by atoms with Crippen molar-refractivity contribution in [1.29, 1.82) is 0 Å². The summed E-state index contributed by atoms with van der Waals surface area (Å²) in [6.45, 7) is 0.0863. The Morgan fingerprint density at radius 3 is 2.39 bits per heavy atom. The summed E-state index contributed by atoms with van der Waals surface area (Å²) in [4.78, 5) is 24.3. The fraction of sp³-hybridized carbons (Fsp3) is 0.385. The van der Waals surface area contributed by atoms with Gasteiger partial charge in [-0.1, -0.05) is 61.0 Å². The Hall–Kier alpha value is -3.06. The van der Waals surface area contributed by atoms with E-state index in [-0.39, 0.29) is 12.1 Å². The standard InChI is InChI=1S/C26H29F2NO4/c27-26(28)18-22(14-15-23(30)9-5-4-8-19-6-2-1-3-7-19)29(25(26)33)17-16-20-10-12-21(13-11-20)24(31)32/h1-3,6-7,10-15,22-23,30H,4-5,8-9,16-18H2,(H,31,32)/b15-14+/t22-,23-/m0/s1. The van der Waals surface area contributed by atoms with Crippen LogP contribution in [0.5, 0.6) is 0 Å². The fourth-order valence-electron chi connectivity index (χ4n) is 4.00. The minimum atomic E-state index is -3.43. The van der Waals surface area contributed by atoms with Crippen LogP contribution in [0.2, 0.25) is 0 Å². The van der Waals surface area contributed by atoms with Crippen LogP contribution in [-0.4, -0.2) is 51.6 Å². The van der Waals surface area contributed by atoms with Crippen LogP contribution in [0, 0.1) is 0 Å². The first-order valence-electron chi connectivity index (χ1n) is 11.2. The lowest BCUT2D eigenvalue weighted by Gasteiger charge is -2.22. The molecule has 2 aromatic carbocycles. The number of carbonyl (C=O) groups is 2. The van der Waals surface area contributed by atoms with Crippen LogP contribution in [0.3, 0.4) is 0 Å². The predicted molar refractivity (Wildman–Crippen MR) is 121 cm³/mol. The summed E-state index contributed by atoms with van der Waals surface area (Å²) in [7, 11) is 0. The molecule has 7 heteroatoms. The molecule has 0 unspecified atom stereocenters. The molecule has 2 aromatic rings. The molecule has 1 heterocycles. The van der Waals surface area contributed by atoms with Crippen LogP contribution >= 0.6 is 0 Å². The smallest absolute Gasteiger partial charge is 0.335 e. The van der Waals surface area contributed by atoms with Gasteiger partial charge >= 0.3 is 11.9 Å². The highest BCUT2D eigenvalue weighted by atomic mass is 19.3. The zero-order chi connectivity index (χ0) is 23.8. The molecule has 2 atom stereocenters. The number of rotatable bonds is 11. The third kappa shape index (κ3) is 6.96. The topological polar surface area (TPSA) is 77.8 Å². The summed E-state index contributed by atoms with van der Waals surface area (Å²) in [5.41, 5.74) is 2.13. The van der Waals surface area contributed by atoms with Gasteiger partial charge in [0.2, 0.25) is 0 Å². The number of nitrogens with zero attached hydrogens (tertiary/aromatic N) is 1. The molecule has 0 spiro atoms. The number of carboxylic acids is 1. The number of hydrogen-bond donors (Lipinski definition) is 2. The summed E-state index contributed by atoms with van der Waals surface area (Å²) in [5.74, 6) is -5.68. The minimum Gasteiger partial charge on any atom is -0.478 e. The van der Waals surface area contributed by atoms with Crippen molar-refractivity contribution < 1.29 is 28.6 Å². The molecule has 176 valence electrons. The van der Waals surface area contributed by atoms with Crippen LogP contribution in [0.15, 0.2) is 66.7 Å². The summed E-state index contributed by atoms with van der Waals surface area (Å²) in [6.07, 6.45) is 5.14. The van der Waals surface area contributed by atoms with Gasteiger partial charge in [0.1, 0.15) is 0 Å². The number of benzene rings is 2. The minimum absolute atomic E-state index is 0.0863. The molecule has 1 aliphatic rings. The van der Waals surface area contributed by atoms with Gasteiger partial charge in [0, 0.05) is 13.0 Å². The number of alkyl halides is 2. The van der Waals surface area contributed by atoms with Crippen molar-refractivity contribution in [3.05, 3.63) is 83.4 Å². The summed E-state index contributed by atoms with van der Waals surface area (Å²) in [5, 5.41) is 19.2. The lowest BCUT2D eigenvalue weighted by Crippen LogP contribution is -2.37. The van der Waals surface area contributed by atoms with E-state index < -0.39 is 36.4 Å². The van der Waals surface area contributed by atoms with Gasteiger partial charge in [-0.3, -0.25) is 4.79 Å². The SMILES string of the molecule is O=C(O)c1ccc(CCN2C(=O)C(F)(F)C[C@@H]2/C=C/[C@@H](O)CCCCc2ccccc2)cc1. The quantitative estimate of drug-likeness (QED) is 0.385. The van der Waals surface area contributed by atoms with E-state index in [1.165, 1.54) is 29.8 Å². The van der Waals surface area contributed by atoms with Gasteiger partial charge < -0.3 is 15.1 Å². The first-order chi connectivity index (χ1) is 15.8. The molecule has 0 aliphatic carbocycles. The molecule has 0 radical (unpaired) electrons. The Morgan fingerprint density at radius 1 is 1.06 bits per heavy atom. The molecule has 0 saturated carbocycles. The van der Waals surface area contributed by atoms with Gasteiger partial charge in [-0.2, -0.15) is 8.78 Å². The third-order valence-corrected chi connectivity index (χ3v) is 5.90. The van der Waals surface area contributed by atoms with Crippen molar-refractivity contribution >= 4 is 11.9 Å². The summed E-state index contributed by atoms with van der Waals surface area (Å²) in [6, 6.07) is 15.4. The molecule has 0 aromatic heterocycles. The Balaban J connectivity index is 1.51. The largest absolute Gasteiger partial charge is 0.478 e. The first kappa shape index (κ1) is 24.6. The normalized spacial score (nSPS) is 18.7. The number of carboxylic acid groups (broad SMARTS) is 1. The Kier molecular flexibility index (Phi) is 8.33. The predicted octanol–water partition coefficient (Wildman–Crippen LogP) is 4.49. The average Bonchev–Trinajstić information content (AvgIpc) is 3.02. The molecule has 5 nitrogen and oxygen atoms in total. The number of aliphatic hydroxyl groups excluding tert-OH is 1. The molecule has 1 aliphatic heterocycles. The van der Waals surface area contributed by atoms with Crippen molar-refractivity contribution in [2.45, 2.75) is 56.6 Å². The van der Waals surface area contributed by atoms with Crippen LogP contribution in [0.1, 0.15) is 47.2 Å². The number of amides is 1. The lowest BCUT2D eigenvalue weighted by atomic mass is 10.0. The number of aryl methyl sites for hydroxylation is 1. The Labute approximate surface area is 192 Å². The molecular weight excluding hydrogens is 428 g/mol. The molecule has 33 heavy (non-hydrogen) atoms. The average molecular weight is 458 g/mol. The van der Waals surface area contributed by atoms with Crippen LogP contribution < -0.4 is 0 Å². The third-order valence-electron chi connectivity index (χ3n) is 5.90. The molecular formula is C26H29F2NO4. The number of aliphatic hydroxyl groups is 1. The van der Waals surface area contributed by atoms with Crippen molar-refractivity contribution in [2.24, 2.45) is 0 Å². The number of halogens is 2. The molecule has 0 bridgehead atoms. The Bertz CT molecular complexity index is 960. The van der Waals surface area contributed by atoms with Gasteiger partial charge in [-0.15, -0.1) is 0 Å². The van der Waals surface area contributed by atoms with E-state index in [1.807, 2.05) is 18.2 Å². The number of hydrogen-bond acceptors (Lipinski definition) is 3. The van der Waals surface area contributed by atoms with Crippen molar-refractivity contribution in [2.75, 3.05) is 6.54 Å². The number of likely N-dealkylation sites (tertiary alicyclic amines) is 1. The van der Waals surface area contributed by atoms with E-state index in [2.05, 4.69) is 12.1 Å². The summed E-state index contributed by atoms with van der Waals surface area (Å²) < 4.78 is 28.2. The Morgan fingerprint density at radius 2 is 1.73 bits per heavy atom. The fourth-order valence-corrected chi connectivity index (χ4v) is 4.00. The van der Waals surface area contributed by atoms with E-state index in [0.717, 1.165) is 29.7 Å². The maximum atomic E-state index is 14.1. The van der Waals surface area contributed by atoms with Gasteiger partial charge in [0.05, 0.1) is 17.7 Å². The molecule has 1 fully saturated rings. The van der Waals surface area contributed by atoms with Crippen molar-refractivity contribution in [3.63, 3.8) is 0 Å². The number of unbranched alkanes of at least 4 members (excludes halogenated alkanes) is 1. The zero-order valence-electron chi connectivity index (χ0n) is 18.4. The van der Waals surface area contributed by atoms with Gasteiger partial charge in [0.25, 0.3) is 5.91 Å². The second-order valence-corrected chi connectivity index (χ2v) is 8.41. The van der Waals surface area contributed by atoms with E-state index in [1.54, 1.807) is 12.1 Å². The molecule has 3 rings (SSSR count). The lowest BCUT2D eigenvalue weighted by molar-refractivity contribution is -0.148.